The molecule has 0 aromatic carbocycles. The Morgan fingerprint density at radius 3 is 2.76 bits per heavy atom. The van der Waals surface area contributed by atoms with E-state index in [0.717, 1.165) is 4.90 Å². The zero-order valence-electron chi connectivity index (χ0n) is 9.50. The quantitative estimate of drug-likeness (QED) is 0.734. The lowest BCUT2D eigenvalue weighted by Crippen LogP contribution is -2.57. The average Bonchev–Trinajstić information content (AvgIpc) is 2.24. The highest BCUT2D eigenvalue weighted by molar-refractivity contribution is 7.85. The number of ether oxygens (including phenoxy) is 1. The number of aliphatic carboxylic acids is 1. The van der Waals surface area contributed by atoms with Gasteiger partial charge in [-0.15, -0.1) is 0 Å². The van der Waals surface area contributed by atoms with Crippen LogP contribution in [-0.4, -0.2) is 56.5 Å². The van der Waals surface area contributed by atoms with E-state index in [-0.39, 0.29) is 18.1 Å². The Balaban J connectivity index is 2.83. The lowest BCUT2D eigenvalue weighted by atomic mass is 10.2. The summed E-state index contributed by atoms with van der Waals surface area (Å²) in [5.41, 5.74) is 0. The predicted molar refractivity (Wildman–Crippen MR) is 62.1 cm³/mol. The third kappa shape index (κ3) is 3.29. The van der Waals surface area contributed by atoms with Gasteiger partial charge in [-0.25, -0.2) is 9.59 Å². The predicted octanol–water partition coefficient (Wildman–Crippen LogP) is 0.215. The second-order valence-electron chi connectivity index (χ2n) is 3.75. The molecule has 1 heterocycles. The molecule has 0 aromatic heterocycles. The van der Waals surface area contributed by atoms with Crippen LogP contribution in [0.3, 0.4) is 0 Å². The lowest BCUT2D eigenvalue weighted by molar-refractivity contribution is -0.142. The van der Waals surface area contributed by atoms with E-state index < -0.39 is 34.9 Å². The van der Waals surface area contributed by atoms with Crippen molar-refractivity contribution in [3.05, 3.63) is 12.7 Å². The van der Waals surface area contributed by atoms with Crippen LogP contribution < -0.4 is 0 Å². The first-order chi connectivity index (χ1) is 7.97. The fraction of sp³-hybridized carbons (Fsp3) is 0.600. The molecule has 1 aliphatic rings. The zero-order valence-corrected chi connectivity index (χ0v) is 10.3. The Bertz CT molecular complexity index is 357. The first-order valence-corrected chi connectivity index (χ1v) is 6.60. The Morgan fingerprint density at radius 2 is 2.24 bits per heavy atom. The summed E-state index contributed by atoms with van der Waals surface area (Å²) >= 11 is 0. The van der Waals surface area contributed by atoms with Crippen LogP contribution in [0.4, 0.5) is 4.79 Å². The van der Waals surface area contributed by atoms with Gasteiger partial charge in [0.2, 0.25) is 0 Å². The molecule has 1 amide bonds. The third-order valence-corrected chi connectivity index (χ3v) is 3.94. The molecule has 1 N–H and O–H groups in total. The Morgan fingerprint density at radius 1 is 1.59 bits per heavy atom. The molecule has 3 unspecified atom stereocenters. The summed E-state index contributed by atoms with van der Waals surface area (Å²) in [5.74, 6) is -0.948. The van der Waals surface area contributed by atoms with E-state index in [4.69, 9.17) is 9.84 Å². The molecule has 1 rings (SSSR count). The summed E-state index contributed by atoms with van der Waals surface area (Å²) in [6.07, 6.45) is 0.696. The van der Waals surface area contributed by atoms with Crippen LogP contribution in [0.5, 0.6) is 0 Å². The fourth-order valence-corrected chi connectivity index (χ4v) is 3.17. The smallest absolute Gasteiger partial charge is 0.411 e. The maximum absolute atomic E-state index is 11.7. The highest BCUT2D eigenvalue weighted by Crippen LogP contribution is 2.17. The van der Waals surface area contributed by atoms with Crippen molar-refractivity contribution in [2.75, 3.05) is 18.1 Å². The molecule has 0 spiro atoms. The van der Waals surface area contributed by atoms with Crippen LogP contribution in [0.25, 0.3) is 0 Å². The normalized spacial score (nSPS) is 28.5. The van der Waals surface area contributed by atoms with Gasteiger partial charge in [-0.05, 0) is 6.92 Å². The van der Waals surface area contributed by atoms with E-state index in [1.165, 1.54) is 6.08 Å². The maximum Gasteiger partial charge on any atom is 0.411 e. The number of carboxylic acids is 1. The number of carboxylic acid groups (broad SMARTS) is 1. The lowest BCUT2D eigenvalue weighted by Gasteiger charge is -2.36. The largest absolute Gasteiger partial charge is 0.480 e. The summed E-state index contributed by atoms with van der Waals surface area (Å²) in [6, 6.07) is -1.50. The highest BCUT2D eigenvalue weighted by Gasteiger charge is 2.40. The third-order valence-electron chi connectivity index (χ3n) is 2.40. The number of nitrogens with zero attached hydrogens (tertiary/aromatic N) is 1. The van der Waals surface area contributed by atoms with Crippen molar-refractivity contribution in [2.24, 2.45) is 0 Å². The van der Waals surface area contributed by atoms with E-state index >= 15 is 0 Å². The molecule has 1 saturated heterocycles. The summed E-state index contributed by atoms with van der Waals surface area (Å²) in [7, 11) is -1.21. The van der Waals surface area contributed by atoms with Crippen LogP contribution in [0.15, 0.2) is 12.7 Å². The minimum Gasteiger partial charge on any atom is -0.480 e. The van der Waals surface area contributed by atoms with E-state index in [9.17, 15) is 13.8 Å². The summed E-state index contributed by atoms with van der Waals surface area (Å²) < 4.78 is 16.2. The number of amides is 1. The summed E-state index contributed by atoms with van der Waals surface area (Å²) in [4.78, 5) is 23.8. The first kappa shape index (κ1) is 13.7. The Labute approximate surface area is 102 Å². The molecule has 0 aromatic rings. The molecule has 1 fully saturated rings. The molecule has 1 aliphatic heterocycles. The maximum atomic E-state index is 11.7. The van der Waals surface area contributed by atoms with E-state index in [0.29, 0.717) is 0 Å². The van der Waals surface area contributed by atoms with Crippen LogP contribution >= 0.6 is 0 Å². The molecule has 0 bridgehead atoms. The molecule has 7 heteroatoms. The minimum atomic E-state index is -1.21. The number of carbonyl (C=O) groups excluding carboxylic acids is 1. The van der Waals surface area contributed by atoms with Crippen LogP contribution in [-0.2, 0) is 20.3 Å². The molecule has 0 radical (unpaired) electrons. The molecule has 96 valence electrons. The van der Waals surface area contributed by atoms with Crippen molar-refractivity contribution in [1.82, 2.24) is 4.90 Å². The van der Waals surface area contributed by atoms with E-state index in [1.54, 1.807) is 6.92 Å². The van der Waals surface area contributed by atoms with Gasteiger partial charge in [0.05, 0.1) is 5.75 Å². The standard InChI is InChI=1S/C10H15NO5S/c1-3-4-16-10(14)11-7(2)5-17(15)6-8(11)9(12)13/h3,7-8H,1,4-6H2,2H3,(H,12,13). The highest BCUT2D eigenvalue weighted by atomic mass is 32.2. The number of rotatable bonds is 3. The second-order valence-corrected chi connectivity index (χ2v) is 5.30. The average molecular weight is 261 g/mol. The topological polar surface area (TPSA) is 83.9 Å². The molecule has 17 heavy (non-hydrogen) atoms. The molecule has 6 nitrogen and oxygen atoms in total. The van der Waals surface area contributed by atoms with Crippen molar-refractivity contribution < 1.29 is 23.6 Å². The van der Waals surface area contributed by atoms with Crippen LogP contribution in [0.2, 0.25) is 0 Å². The molecular formula is C10H15NO5S. The first-order valence-electron chi connectivity index (χ1n) is 5.11. The van der Waals surface area contributed by atoms with Gasteiger partial charge in [0.25, 0.3) is 0 Å². The molecule has 0 saturated carbocycles. The van der Waals surface area contributed by atoms with Crippen molar-refractivity contribution in [3.63, 3.8) is 0 Å². The minimum absolute atomic E-state index is 0.0253. The monoisotopic (exact) mass is 261 g/mol. The number of hydrogen-bond acceptors (Lipinski definition) is 4. The SMILES string of the molecule is C=CCOC(=O)N1C(C)CS(=O)CC1C(=O)O. The Hall–Kier alpha value is -1.37. The van der Waals surface area contributed by atoms with Gasteiger partial charge < -0.3 is 9.84 Å². The summed E-state index contributed by atoms with van der Waals surface area (Å²) in [6.45, 7) is 5.08. The van der Waals surface area contributed by atoms with Gasteiger partial charge in [0, 0.05) is 22.6 Å². The van der Waals surface area contributed by atoms with Gasteiger partial charge in [0.15, 0.2) is 0 Å². The van der Waals surface area contributed by atoms with Crippen molar-refractivity contribution in [1.29, 1.82) is 0 Å². The van der Waals surface area contributed by atoms with Crippen molar-refractivity contribution in [3.8, 4) is 0 Å². The second kappa shape index (κ2) is 5.81. The van der Waals surface area contributed by atoms with Gasteiger partial charge in [-0.1, -0.05) is 12.7 Å². The molecule has 3 atom stereocenters. The van der Waals surface area contributed by atoms with Crippen molar-refractivity contribution >= 4 is 22.9 Å². The fourth-order valence-electron chi connectivity index (χ4n) is 1.68. The molecular weight excluding hydrogens is 246 g/mol. The van der Waals surface area contributed by atoms with E-state index in [1.807, 2.05) is 0 Å². The van der Waals surface area contributed by atoms with Crippen LogP contribution in [0, 0.1) is 0 Å². The zero-order chi connectivity index (χ0) is 13.0. The number of carbonyl (C=O) groups is 2. The Kier molecular flexibility index (Phi) is 4.68. The van der Waals surface area contributed by atoms with Gasteiger partial charge >= 0.3 is 12.1 Å². The van der Waals surface area contributed by atoms with Crippen molar-refractivity contribution in [2.45, 2.75) is 19.0 Å². The van der Waals surface area contributed by atoms with Crippen LogP contribution in [0.1, 0.15) is 6.92 Å². The van der Waals surface area contributed by atoms with Gasteiger partial charge in [-0.2, -0.15) is 0 Å². The van der Waals surface area contributed by atoms with Gasteiger partial charge in [0.1, 0.15) is 12.6 Å². The van der Waals surface area contributed by atoms with E-state index in [2.05, 4.69) is 6.58 Å². The van der Waals surface area contributed by atoms with Gasteiger partial charge in [-0.3, -0.25) is 9.11 Å². The number of hydrogen-bond donors (Lipinski definition) is 1. The molecule has 0 aliphatic carbocycles. The summed E-state index contributed by atoms with van der Waals surface area (Å²) in [5, 5.41) is 9.01.